The Morgan fingerprint density at radius 1 is 1.44 bits per heavy atom. The van der Waals surface area contributed by atoms with E-state index in [1.165, 1.54) is 0 Å². The van der Waals surface area contributed by atoms with Crippen LogP contribution in [-0.4, -0.2) is 24.2 Å². The Balaban J connectivity index is 2.47. The van der Waals surface area contributed by atoms with Crippen molar-refractivity contribution in [2.45, 2.75) is 25.2 Å². The van der Waals surface area contributed by atoms with Gasteiger partial charge in [-0.3, -0.25) is 4.79 Å². The second kappa shape index (κ2) is 4.26. The zero-order valence-electron chi connectivity index (χ0n) is 9.49. The predicted molar refractivity (Wildman–Crippen MR) is 62.6 cm³/mol. The lowest BCUT2D eigenvalue weighted by molar-refractivity contribution is -0.144. The topological polar surface area (TPSA) is 49.3 Å². The van der Waals surface area contributed by atoms with E-state index in [-0.39, 0.29) is 0 Å². The molecule has 2 N–H and O–H groups in total. The number of hydrogen-bond acceptors (Lipinski definition) is 2. The van der Waals surface area contributed by atoms with Crippen LogP contribution >= 0.6 is 0 Å². The van der Waals surface area contributed by atoms with Gasteiger partial charge in [-0.05, 0) is 37.4 Å². The second-order valence-electron chi connectivity index (χ2n) is 4.48. The quantitative estimate of drug-likeness (QED) is 0.796. The summed E-state index contributed by atoms with van der Waals surface area (Å²) < 4.78 is 0. The van der Waals surface area contributed by atoms with E-state index >= 15 is 0 Å². The molecule has 1 heterocycles. The van der Waals surface area contributed by atoms with E-state index in [1.807, 2.05) is 31.2 Å². The Morgan fingerprint density at radius 2 is 2.19 bits per heavy atom. The molecule has 0 amide bonds. The molecule has 3 heteroatoms. The molecule has 1 fully saturated rings. The monoisotopic (exact) mass is 219 g/mol. The van der Waals surface area contributed by atoms with E-state index in [0.29, 0.717) is 6.54 Å². The summed E-state index contributed by atoms with van der Waals surface area (Å²) in [6.45, 7) is 3.43. The first-order chi connectivity index (χ1) is 7.67. The van der Waals surface area contributed by atoms with Gasteiger partial charge in [-0.2, -0.15) is 0 Å². The molecule has 2 rings (SSSR count). The molecule has 3 nitrogen and oxygen atoms in total. The fraction of sp³-hybridized carbons (Fsp3) is 0.462. The highest BCUT2D eigenvalue weighted by atomic mass is 16.4. The van der Waals surface area contributed by atoms with Gasteiger partial charge >= 0.3 is 5.97 Å². The maximum Gasteiger partial charge on any atom is 0.315 e. The van der Waals surface area contributed by atoms with E-state index in [9.17, 15) is 9.90 Å². The number of benzene rings is 1. The van der Waals surface area contributed by atoms with Gasteiger partial charge in [0.1, 0.15) is 5.41 Å². The molecule has 16 heavy (non-hydrogen) atoms. The number of carboxylic acids is 1. The highest BCUT2D eigenvalue weighted by Gasteiger charge is 2.42. The molecule has 0 radical (unpaired) electrons. The van der Waals surface area contributed by atoms with E-state index in [2.05, 4.69) is 5.32 Å². The van der Waals surface area contributed by atoms with Gasteiger partial charge in [-0.25, -0.2) is 0 Å². The number of nitrogens with one attached hydrogen (secondary N) is 1. The van der Waals surface area contributed by atoms with Crippen molar-refractivity contribution in [2.75, 3.05) is 13.1 Å². The summed E-state index contributed by atoms with van der Waals surface area (Å²) >= 11 is 0. The first kappa shape index (κ1) is 11.1. The third-order valence-corrected chi connectivity index (χ3v) is 3.45. The Labute approximate surface area is 95.5 Å². The number of piperidine rings is 1. The minimum absolute atomic E-state index is 0.535. The van der Waals surface area contributed by atoms with E-state index < -0.39 is 11.4 Å². The third kappa shape index (κ3) is 1.71. The lowest BCUT2D eigenvalue weighted by atomic mass is 9.73. The molecule has 86 valence electrons. The molecule has 1 aromatic rings. The summed E-state index contributed by atoms with van der Waals surface area (Å²) in [7, 11) is 0. The Kier molecular flexibility index (Phi) is 2.97. The van der Waals surface area contributed by atoms with Crippen LogP contribution in [0.15, 0.2) is 24.3 Å². The molecular formula is C13H17NO2. The van der Waals surface area contributed by atoms with Crippen molar-refractivity contribution < 1.29 is 9.90 Å². The summed E-state index contributed by atoms with van der Waals surface area (Å²) in [6, 6.07) is 7.79. The van der Waals surface area contributed by atoms with Gasteiger partial charge in [0.15, 0.2) is 0 Å². The second-order valence-corrected chi connectivity index (χ2v) is 4.48. The lowest BCUT2D eigenvalue weighted by Crippen LogP contribution is -2.49. The van der Waals surface area contributed by atoms with Crippen molar-refractivity contribution in [1.82, 2.24) is 5.32 Å². The van der Waals surface area contributed by atoms with E-state index in [1.54, 1.807) is 0 Å². The maximum atomic E-state index is 11.6. The largest absolute Gasteiger partial charge is 0.481 e. The van der Waals surface area contributed by atoms with Gasteiger partial charge in [-0.15, -0.1) is 0 Å². The molecule has 0 aromatic heterocycles. The van der Waals surface area contributed by atoms with Crippen molar-refractivity contribution in [3.05, 3.63) is 35.4 Å². The van der Waals surface area contributed by atoms with Crippen molar-refractivity contribution >= 4 is 5.97 Å². The van der Waals surface area contributed by atoms with Gasteiger partial charge in [0.2, 0.25) is 0 Å². The number of aryl methyl sites for hydroxylation is 1. The fourth-order valence-corrected chi connectivity index (χ4v) is 2.54. The minimum atomic E-state index is -0.733. The van der Waals surface area contributed by atoms with Crippen molar-refractivity contribution in [2.24, 2.45) is 0 Å². The van der Waals surface area contributed by atoms with Crippen LogP contribution in [-0.2, 0) is 10.2 Å². The molecule has 1 aliphatic heterocycles. The first-order valence-electron chi connectivity index (χ1n) is 5.67. The van der Waals surface area contributed by atoms with Gasteiger partial charge in [-0.1, -0.05) is 24.3 Å². The maximum absolute atomic E-state index is 11.6. The van der Waals surface area contributed by atoms with Crippen LogP contribution in [0.4, 0.5) is 0 Å². The summed E-state index contributed by atoms with van der Waals surface area (Å²) in [6.07, 6.45) is 1.64. The smallest absolute Gasteiger partial charge is 0.315 e. The van der Waals surface area contributed by atoms with E-state index in [0.717, 1.165) is 30.5 Å². The highest BCUT2D eigenvalue weighted by Crippen LogP contribution is 2.33. The Morgan fingerprint density at radius 3 is 2.75 bits per heavy atom. The van der Waals surface area contributed by atoms with Gasteiger partial charge in [0.25, 0.3) is 0 Å². The molecule has 1 aliphatic rings. The number of aliphatic carboxylic acids is 1. The molecule has 0 bridgehead atoms. The Hall–Kier alpha value is -1.35. The number of rotatable bonds is 2. The van der Waals surface area contributed by atoms with Crippen LogP contribution in [0.5, 0.6) is 0 Å². The third-order valence-electron chi connectivity index (χ3n) is 3.45. The standard InChI is InChI=1S/C13H17NO2/c1-10-5-2-3-6-11(10)13(12(15)16)7-4-8-14-9-13/h2-3,5-6,14H,4,7-9H2,1H3,(H,15,16). The van der Waals surface area contributed by atoms with Crippen molar-refractivity contribution in [3.63, 3.8) is 0 Å². The molecule has 0 saturated carbocycles. The fourth-order valence-electron chi connectivity index (χ4n) is 2.54. The molecule has 1 atom stereocenters. The number of carbonyl (C=O) groups is 1. The zero-order valence-corrected chi connectivity index (χ0v) is 9.49. The average Bonchev–Trinajstić information content (AvgIpc) is 2.30. The van der Waals surface area contributed by atoms with Crippen LogP contribution < -0.4 is 5.32 Å². The molecule has 0 aliphatic carbocycles. The SMILES string of the molecule is Cc1ccccc1C1(C(=O)O)CCCNC1. The van der Waals surface area contributed by atoms with Gasteiger partial charge < -0.3 is 10.4 Å². The van der Waals surface area contributed by atoms with Crippen LogP contribution in [0.2, 0.25) is 0 Å². The first-order valence-corrected chi connectivity index (χ1v) is 5.67. The van der Waals surface area contributed by atoms with Crippen molar-refractivity contribution in [1.29, 1.82) is 0 Å². The van der Waals surface area contributed by atoms with Crippen LogP contribution in [0.25, 0.3) is 0 Å². The average molecular weight is 219 g/mol. The van der Waals surface area contributed by atoms with Crippen LogP contribution in [0.1, 0.15) is 24.0 Å². The summed E-state index contributed by atoms with van der Waals surface area (Å²) in [5.41, 5.74) is 1.28. The number of hydrogen-bond donors (Lipinski definition) is 2. The molecule has 1 aromatic carbocycles. The zero-order chi connectivity index (χ0) is 11.6. The lowest BCUT2D eigenvalue weighted by Gasteiger charge is -2.35. The van der Waals surface area contributed by atoms with Gasteiger partial charge in [0, 0.05) is 6.54 Å². The molecule has 1 saturated heterocycles. The highest BCUT2D eigenvalue weighted by molar-refractivity contribution is 5.82. The minimum Gasteiger partial charge on any atom is -0.481 e. The summed E-state index contributed by atoms with van der Waals surface area (Å²) in [5, 5.41) is 12.7. The molecule has 0 spiro atoms. The predicted octanol–water partition coefficient (Wildman–Crippen LogP) is 1.70. The van der Waals surface area contributed by atoms with Crippen molar-refractivity contribution in [3.8, 4) is 0 Å². The molecular weight excluding hydrogens is 202 g/mol. The Bertz CT molecular complexity index is 395. The summed E-state index contributed by atoms with van der Waals surface area (Å²) in [4.78, 5) is 11.6. The summed E-state index contributed by atoms with van der Waals surface area (Å²) in [5.74, 6) is -0.714. The normalized spacial score (nSPS) is 25.3. The van der Waals surface area contributed by atoms with Gasteiger partial charge in [0.05, 0.1) is 0 Å². The van der Waals surface area contributed by atoms with E-state index in [4.69, 9.17) is 0 Å². The molecule has 1 unspecified atom stereocenters. The number of carboxylic acid groups (broad SMARTS) is 1. The van der Waals surface area contributed by atoms with Crippen LogP contribution in [0, 0.1) is 6.92 Å². The van der Waals surface area contributed by atoms with Crippen LogP contribution in [0.3, 0.4) is 0 Å².